The molecule has 24 heavy (non-hydrogen) atoms. The van der Waals surface area contributed by atoms with E-state index in [-0.39, 0.29) is 16.1 Å². The molecule has 0 unspecified atom stereocenters. The Morgan fingerprint density at radius 2 is 1.75 bits per heavy atom. The van der Waals surface area contributed by atoms with Crippen LogP contribution >= 0.6 is 0 Å². The highest BCUT2D eigenvalue weighted by atomic mass is 32.2. The summed E-state index contributed by atoms with van der Waals surface area (Å²) in [5.74, 6) is 0.270. The highest BCUT2D eigenvalue weighted by Crippen LogP contribution is 2.22. The number of benzene rings is 2. The molecule has 0 aliphatic heterocycles. The summed E-state index contributed by atoms with van der Waals surface area (Å²) in [5.41, 5.74) is 5.51. The molecule has 0 bridgehead atoms. The molecule has 2 aromatic rings. The highest BCUT2D eigenvalue weighted by Gasteiger charge is 2.17. The molecule has 0 aliphatic rings. The van der Waals surface area contributed by atoms with Crippen molar-refractivity contribution in [3.8, 4) is 5.75 Å². The van der Waals surface area contributed by atoms with Crippen molar-refractivity contribution in [2.75, 3.05) is 11.3 Å². The summed E-state index contributed by atoms with van der Waals surface area (Å²) in [6.45, 7) is 4.61. The van der Waals surface area contributed by atoms with E-state index in [0.29, 0.717) is 18.3 Å². The molecule has 0 fully saturated rings. The van der Waals surface area contributed by atoms with Gasteiger partial charge in [0.05, 0.1) is 22.8 Å². The monoisotopic (exact) mass is 348 g/mol. The van der Waals surface area contributed by atoms with Crippen molar-refractivity contribution in [1.82, 2.24) is 0 Å². The molecule has 6 nitrogen and oxygen atoms in total. The summed E-state index contributed by atoms with van der Waals surface area (Å²) in [7, 11) is -3.83. The largest absolute Gasteiger partial charge is 0.493 e. The first-order chi connectivity index (χ1) is 11.3. The fourth-order valence-electron chi connectivity index (χ4n) is 1.97. The number of rotatable bonds is 7. The molecule has 128 valence electrons. The maximum absolute atomic E-state index is 12.4. The first-order valence-electron chi connectivity index (χ1n) is 7.44. The smallest absolute Gasteiger partial charge is 0.261 e. The minimum atomic E-state index is -3.83. The van der Waals surface area contributed by atoms with Crippen LogP contribution in [0.3, 0.4) is 0 Å². The zero-order valence-corrected chi connectivity index (χ0v) is 14.3. The number of carbonyl (C=O) groups excluding carboxylic acids is 1. The first-order valence-corrected chi connectivity index (χ1v) is 8.92. The molecular weight excluding hydrogens is 328 g/mol. The summed E-state index contributed by atoms with van der Waals surface area (Å²) in [4.78, 5) is 11.5. The van der Waals surface area contributed by atoms with Crippen molar-refractivity contribution in [2.24, 2.45) is 11.7 Å². The van der Waals surface area contributed by atoms with Crippen molar-refractivity contribution in [2.45, 2.75) is 18.7 Å². The standard InChI is InChI=1S/C17H20N2O4S/c1-12(2)11-23-13-7-9-14(10-8-13)24(21,22)19-16-6-4-3-5-15(16)17(18)20/h3-10,12,19H,11H2,1-2H3,(H2,18,20). The fraction of sp³-hybridized carbons (Fsp3) is 0.235. The Bertz CT molecular complexity index is 815. The van der Waals surface area contributed by atoms with Crippen LogP contribution in [0.1, 0.15) is 24.2 Å². The average molecular weight is 348 g/mol. The van der Waals surface area contributed by atoms with Crippen molar-refractivity contribution in [3.63, 3.8) is 0 Å². The molecule has 0 spiro atoms. The zero-order valence-electron chi connectivity index (χ0n) is 13.5. The fourth-order valence-corrected chi connectivity index (χ4v) is 3.05. The van der Waals surface area contributed by atoms with Gasteiger partial charge in [-0.3, -0.25) is 9.52 Å². The minimum Gasteiger partial charge on any atom is -0.493 e. The molecule has 2 rings (SSSR count). The Morgan fingerprint density at radius 1 is 1.12 bits per heavy atom. The first kappa shape index (κ1) is 17.8. The number of hydrogen-bond donors (Lipinski definition) is 2. The molecule has 0 aromatic heterocycles. The van der Waals surface area contributed by atoms with Crippen molar-refractivity contribution < 1.29 is 17.9 Å². The van der Waals surface area contributed by atoms with Gasteiger partial charge in [-0.05, 0) is 42.3 Å². The Hall–Kier alpha value is -2.54. The van der Waals surface area contributed by atoms with E-state index < -0.39 is 15.9 Å². The van der Waals surface area contributed by atoms with Crippen molar-refractivity contribution >= 4 is 21.6 Å². The van der Waals surface area contributed by atoms with E-state index in [0.717, 1.165) is 0 Å². The van der Waals surface area contributed by atoms with Crippen LogP contribution in [0.2, 0.25) is 0 Å². The molecule has 0 saturated carbocycles. The summed E-state index contributed by atoms with van der Waals surface area (Å²) < 4.78 is 32.8. The number of ether oxygens (including phenoxy) is 1. The molecule has 2 aromatic carbocycles. The van der Waals surface area contributed by atoms with Crippen LogP contribution < -0.4 is 15.2 Å². The molecule has 0 heterocycles. The van der Waals surface area contributed by atoms with Gasteiger partial charge in [-0.2, -0.15) is 0 Å². The number of nitrogens with one attached hydrogen (secondary N) is 1. The average Bonchev–Trinajstić information content (AvgIpc) is 2.53. The molecule has 1 amide bonds. The van der Waals surface area contributed by atoms with E-state index in [9.17, 15) is 13.2 Å². The van der Waals surface area contributed by atoms with Crippen molar-refractivity contribution in [1.29, 1.82) is 0 Å². The third-order valence-electron chi connectivity index (χ3n) is 3.15. The number of nitrogens with two attached hydrogens (primary N) is 1. The van der Waals surface area contributed by atoms with Gasteiger partial charge in [-0.15, -0.1) is 0 Å². The van der Waals surface area contributed by atoms with Crippen LogP contribution in [-0.4, -0.2) is 20.9 Å². The predicted octanol–water partition coefficient (Wildman–Crippen LogP) is 2.62. The van der Waals surface area contributed by atoms with Gasteiger partial charge >= 0.3 is 0 Å². The number of amides is 1. The Morgan fingerprint density at radius 3 is 2.33 bits per heavy atom. The second-order valence-electron chi connectivity index (χ2n) is 5.69. The number of para-hydroxylation sites is 1. The molecule has 0 atom stereocenters. The zero-order chi connectivity index (χ0) is 17.7. The number of anilines is 1. The SMILES string of the molecule is CC(C)COc1ccc(S(=O)(=O)Nc2ccccc2C(N)=O)cc1. The van der Waals surface area contributed by atoms with E-state index >= 15 is 0 Å². The van der Waals surface area contributed by atoms with Crippen LogP contribution in [0.15, 0.2) is 53.4 Å². The van der Waals surface area contributed by atoms with Gasteiger partial charge in [0.15, 0.2) is 0 Å². The Balaban J connectivity index is 2.20. The molecule has 0 saturated heterocycles. The summed E-state index contributed by atoms with van der Waals surface area (Å²) in [5, 5.41) is 0. The van der Waals surface area contributed by atoms with Crippen LogP contribution in [0.4, 0.5) is 5.69 Å². The second kappa shape index (κ2) is 7.35. The number of sulfonamides is 1. The number of carbonyl (C=O) groups is 1. The lowest BCUT2D eigenvalue weighted by Crippen LogP contribution is -2.18. The van der Waals surface area contributed by atoms with Gasteiger partial charge in [-0.1, -0.05) is 26.0 Å². The van der Waals surface area contributed by atoms with Gasteiger partial charge in [-0.25, -0.2) is 8.42 Å². The van der Waals surface area contributed by atoms with Gasteiger partial charge < -0.3 is 10.5 Å². The molecule has 3 N–H and O–H groups in total. The van der Waals surface area contributed by atoms with Crippen LogP contribution in [-0.2, 0) is 10.0 Å². The third kappa shape index (κ3) is 4.48. The van der Waals surface area contributed by atoms with Crippen LogP contribution in [0.5, 0.6) is 5.75 Å². The predicted molar refractivity (Wildman–Crippen MR) is 92.5 cm³/mol. The normalized spacial score (nSPS) is 11.3. The quantitative estimate of drug-likeness (QED) is 0.803. The van der Waals surface area contributed by atoms with Gasteiger partial charge in [0.25, 0.3) is 15.9 Å². The maximum atomic E-state index is 12.4. The van der Waals surface area contributed by atoms with E-state index in [4.69, 9.17) is 10.5 Å². The lowest BCUT2D eigenvalue weighted by atomic mass is 10.2. The second-order valence-corrected chi connectivity index (χ2v) is 7.37. The van der Waals surface area contributed by atoms with E-state index in [1.54, 1.807) is 24.3 Å². The lowest BCUT2D eigenvalue weighted by Gasteiger charge is -2.12. The molecule has 0 aliphatic carbocycles. The summed E-state index contributed by atoms with van der Waals surface area (Å²) in [6.07, 6.45) is 0. The van der Waals surface area contributed by atoms with Gasteiger partial charge in [0.1, 0.15) is 5.75 Å². The van der Waals surface area contributed by atoms with Crippen LogP contribution in [0.25, 0.3) is 0 Å². The Kier molecular flexibility index (Phi) is 5.46. The number of primary amides is 1. The van der Waals surface area contributed by atoms with Crippen molar-refractivity contribution in [3.05, 3.63) is 54.1 Å². The molecular formula is C17H20N2O4S. The van der Waals surface area contributed by atoms with E-state index in [1.165, 1.54) is 24.3 Å². The topological polar surface area (TPSA) is 98.5 Å². The summed E-state index contributed by atoms with van der Waals surface area (Å²) in [6, 6.07) is 12.3. The van der Waals surface area contributed by atoms with Gasteiger partial charge in [0, 0.05) is 0 Å². The maximum Gasteiger partial charge on any atom is 0.261 e. The lowest BCUT2D eigenvalue weighted by molar-refractivity contribution is 0.100. The Labute approximate surface area is 141 Å². The number of hydrogen-bond acceptors (Lipinski definition) is 4. The van der Waals surface area contributed by atoms with E-state index in [2.05, 4.69) is 4.72 Å². The third-order valence-corrected chi connectivity index (χ3v) is 4.54. The molecule has 7 heteroatoms. The molecule has 0 radical (unpaired) electrons. The van der Waals surface area contributed by atoms with E-state index in [1.807, 2.05) is 13.8 Å². The highest BCUT2D eigenvalue weighted by molar-refractivity contribution is 7.92. The van der Waals surface area contributed by atoms with Gasteiger partial charge in [0.2, 0.25) is 0 Å². The van der Waals surface area contributed by atoms with Crippen LogP contribution in [0, 0.1) is 5.92 Å². The summed E-state index contributed by atoms with van der Waals surface area (Å²) >= 11 is 0. The minimum absolute atomic E-state index is 0.0682.